The highest BCUT2D eigenvalue weighted by Gasteiger charge is 2.15. The summed E-state index contributed by atoms with van der Waals surface area (Å²) in [7, 11) is 0. The largest absolute Gasteiger partial charge is 0.507 e. The lowest BCUT2D eigenvalue weighted by molar-refractivity contribution is -0.384. The third kappa shape index (κ3) is 3.02. The summed E-state index contributed by atoms with van der Waals surface area (Å²) in [5.41, 5.74) is 5.94. The van der Waals surface area contributed by atoms with Gasteiger partial charge in [-0.05, 0) is 17.5 Å². The Hall–Kier alpha value is -3.39. The first-order valence-corrected chi connectivity index (χ1v) is 7.35. The van der Waals surface area contributed by atoms with Gasteiger partial charge in [0.05, 0.1) is 15.6 Å². The molecule has 3 aromatic carbocycles. The number of nitro groups is 1. The van der Waals surface area contributed by atoms with Crippen LogP contribution in [0.3, 0.4) is 0 Å². The van der Waals surface area contributed by atoms with Gasteiger partial charge in [0.2, 0.25) is 0 Å². The van der Waals surface area contributed by atoms with E-state index in [4.69, 9.17) is 17.3 Å². The van der Waals surface area contributed by atoms with Crippen molar-refractivity contribution in [2.45, 2.75) is 0 Å². The molecule has 8 nitrogen and oxygen atoms in total. The molecule has 3 aromatic rings. The highest BCUT2D eigenvalue weighted by molar-refractivity contribution is 6.32. The van der Waals surface area contributed by atoms with Crippen LogP contribution in [0.15, 0.2) is 52.7 Å². The summed E-state index contributed by atoms with van der Waals surface area (Å²) in [6, 6.07) is 10.3. The number of nitrogen functional groups attached to an aromatic ring is 1. The van der Waals surface area contributed by atoms with Crippen molar-refractivity contribution >= 4 is 45.1 Å². The number of halogens is 1. The van der Waals surface area contributed by atoms with Gasteiger partial charge >= 0.3 is 0 Å². The van der Waals surface area contributed by atoms with Gasteiger partial charge in [-0.2, -0.15) is 0 Å². The standard InChI is InChI=1S/C16H11ClN4O4/c17-10-6-9(21(24)25)7-12(16(10)23)20-19-11-5-4-8-2-1-3-13(22)14(8)15(11)18/h1-7,22-23H,18H2. The zero-order valence-electron chi connectivity index (χ0n) is 12.5. The molecular weight excluding hydrogens is 348 g/mol. The molecule has 25 heavy (non-hydrogen) atoms. The fourth-order valence-electron chi connectivity index (χ4n) is 2.32. The molecule has 0 saturated heterocycles. The molecule has 0 fully saturated rings. The number of phenols is 2. The van der Waals surface area contributed by atoms with Gasteiger partial charge in [-0.15, -0.1) is 10.2 Å². The predicted molar refractivity (Wildman–Crippen MR) is 94.0 cm³/mol. The first-order valence-electron chi connectivity index (χ1n) is 6.97. The molecule has 126 valence electrons. The van der Waals surface area contributed by atoms with E-state index < -0.39 is 10.7 Å². The number of nitrogens with two attached hydrogens (primary N) is 1. The number of benzene rings is 3. The maximum absolute atomic E-state index is 10.9. The smallest absolute Gasteiger partial charge is 0.273 e. The van der Waals surface area contributed by atoms with Gasteiger partial charge in [-0.3, -0.25) is 10.1 Å². The summed E-state index contributed by atoms with van der Waals surface area (Å²) < 4.78 is 0. The lowest BCUT2D eigenvalue weighted by atomic mass is 10.1. The van der Waals surface area contributed by atoms with Crippen molar-refractivity contribution in [3.05, 3.63) is 57.6 Å². The predicted octanol–water partition coefficient (Wildman–Crippen LogP) is 4.81. The van der Waals surface area contributed by atoms with Crippen molar-refractivity contribution in [2.24, 2.45) is 10.2 Å². The minimum atomic E-state index is -0.660. The third-order valence-corrected chi connectivity index (χ3v) is 3.83. The van der Waals surface area contributed by atoms with Crippen LogP contribution in [-0.2, 0) is 0 Å². The Balaban J connectivity index is 2.09. The van der Waals surface area contributed by atoms with Gasteiger partial charge in [0, 0.05) is 17.5 Å². The molecule has 4 N–H and O–H groups in total. The molecule has 0 amide bonds. The lowest BCUT2D eigenvalue weighted by Gasteiger charge is -2.07. The number of non-ortho nitro benzene ring substituents is 1. The SMILES string of the molecule is Nc1c(N=Nc2cc([N+](=O)[O-])cc(Cl)c2O)ccc2cccc(O)c12. The zero-order valence-corrected chi connectivity index (χ0v) is 13.3. The summed E-state index contributed by atoms with van der Waals surface area (Å²) in [6.45, 7) is 0. The summed E-state index contributed by atoms with van der Waals surface area (Å²) >= 11 is 5.76. The molecule has 0 aliphatic rings. The van der Waals surface area contributed by atoms with E-state index in [2.05, 4.69) is 10.2 Å². The fourth-order valence-corrected chi connectivity index (χ4v) is 2.53. The van der Waals surface area contributed by atoms with Crippen LogP contribution in [-0.4, -0.2) is 15.1 Å². The molecule has 3 rings (SSSR count). The van der Waals surface area contributed by atoms with Crippen molar-refractivity contribution < 1.29 is 15.1 Å². The number of hydrogen-bond acceptors (Lipinski definition) is 7. The van der Waals surface area contributed by atoms with Gasteiger partial charge < -0.3 is 15.9 Å². The molecule has 0 radical (unpaired) electrons. The third-order valence-electron chi connectivity index (χ3n) is 3.55. The van der Waals surface area contributed by atoms with E-state index in [1.165, 1.54) is 6.07 Å². The highest BCUT2D eigenvalue weighted by Crippen LogP contribution is 2.40. The highest BCUT2D eigenvalue weighted by atomic mass is 35.5. The van der Waals surface area contributed by atoms with Crippen LogP contribution >= 0.6 is 11.6 Å². The van der Waals surface area contributed by atoms with E-state index >= 15 is 0 Å². The molecule has 0 aliphatic carbocycles. The normalized spacial score (nSPS) is 11.2. The number of anilines is 1. The second-order valence-electron chi connectivity index (χ2n) is 5.13. The van der Waals surface area contributed by atoms with Gasteiger partial charge in [-0.1, -0.05) is 29.8 Å². The minimum absolute atomic E-state index is 0.00621. The first-order chi connectivity index (χ1) is 11.9. The Morgan fingerprint density at radius 2 is 1.80 bits per heavy atom. The fraction of sp³-hybridized carbons (Fsp3) is 0. The molecule has 0 aliphatic heterocycles. The number of nitrogens with zero attached hydrogens (tertiary/aromatic N) is 3. The van der Waals surface area contributed by atoms with Crippen LogP contribution < -0.4 is 5.73 Å². The quantitative estimate of drug-likeness (QED) is 0.267. The van der Waals surface area contributed by atoms with E-state index in [0.29, 0.717) is 5.39 Å². The summed E-state index contributed by atoms with van der Waals surface area (Å²) in [4.78, 5) is 10.2. The van der Waals surface area contributed by atoms with Gasteiger partial charge in [-0.25, -0.2) is 0 Å². The Kier molecular flexibility index (Phi) is 4.12. The topological polar surface area (TPSA) is 134 Å². The van der Waals surface area contributed by atoms with Gasteiger partial charge in [0.15, 0.2) is 5.75 Å². The van der Waals surface area contributed by atoms with Crippen LogP contribution in [0.5, 0.6) is 11.5 Å². The Bertz CT molecular complexity index is 1040. The number of nitro benzene ring substituents is 1. The summed E-state index contributed by atoms with van der Waals surface area (Å²) in [5.74, 6) is -0.438. The minimum Gasteiger partial charge on any atom is -0.507 e. The number of azo groups is 1. The van der Waals surface area contributed by atoms with E-state index in [9.17, 15) is 20.3 Å². The Morgan fingerprint density at radius 1 is 1.08 bits per heavy atom. The molecule has 0 spiro atoms. The lowest BCUT2D eigenvalue weighted by Crippen LogP contribution is -1.88. The van der Waals surface area contributed by atoms with Crippen molar-refractivity contribution in [2.75, 3.05) is 5.73 Å². The van der Waals surface area contributed by atoms with E-state index in [-0.39, 0.29) is 33.5 Å². The van der Waals surface area contributed by atoms with Crippen LogP contribution in [0, 0.1) is 10.1 Å². The van der Waals surface area contributed by atoms with Crippen LogP contribution in [0.1, 0.15) is 0 Å². The van der Waals surface area contributed by atoms with Crippen LogP contribution in [0.4, 0.5) is 22.7 Å². The summed E-state index contributed by atoms with van der Waals surface area (Å²) in [6.07, 6.45) is 0. The summed E-state index contributed by atoms with van der Waals surface area (Å²) in [5, 5.41) is 39.4. The second kappa shape index (κ2) is 6.25. The number of phenolic OH excluding ortho intramolecular Hbond substituents is 2. The first kappa shape index (κ1) is 16.5. The maximum Gasteiger partial charge on any atom is 0.273 e. The molecular formula is C16H11ClN4O4. The van der Waals surface area contributed by atoms with E-state index in [0.717, 1.165) is 17.5 Å². The van der Waals surface area contributed by atoms with Gasteiger partial charge in [0.1, 0.15) is 17.1 Å². The van der Waals surface area contributed by atoms with Crippen molar-refractivity contribution in [3.8, 4) is 11.5 Å². The number of hydrogen-bond donors (Lipinski definition) is 3. The Labute approximate surface area is 146 Å². The maximum atomic E-state index is 10.9. The second-order valence-corrected chi connectivity index (χ2v) is 5.53. The average molecular weight is 359 g/mol. The molecule has 0 heterocycles. The van der Waals surface area contributed by atoms with Crippen molar-refractivity contribution in [1.82, 2.24) is 0 Å². The van der Waals surface area contributed by atoms with Crippen molar-refractivity contribution in [3.63, 3.8) is 0 Å². The average Bonchev–Trinajstić information content (AvgIpc) is 2.57. The molecule has 0 bridgehead atoms. The molecule has 9 heteroatoms. The number of rotatable bonds is 3. The molecule has 0 atom stereocenters. The van der Waals surface area contributed by atoms with E-state index in [1.807, 2.05) is 0 Å². The van der Waals surface area contributed by atoms with Crippen LogP contribution in [0.25, 0.3) is 10.8 Å². The molecule has 0 aromatic heterocycles. The number of fused-ring (bicyclic) bond motifs is 1. The Morgan fingerprint density at radius 3 is 2.52 bits per heavy atom. The van der Waals surface area contributed by atoms with Crippen LogP contribution in [0.2, 0.25) is 5.02 Å². The monoisotopic (exact) mass is 358 g/mol. The zero-order chi connectivity index (χ0) is 18.1. The number of aromatic hydroxyl groups is 2. The van der Waals surface area contributed by atoms with Gasteiger partial charge in [0.25, 0.3) is 5.69 Å². The van der Waals surface area contributed by atoms with E-state index in [1.54, 1.807) is 24.3 Å². The molecule has 0 saturated carbocycles. The molecule has 0 unspecified atom stereocenters. The van der Waals surface area contributed by atoms with Crippen molar-refractivity contribution in [1.29, 1.82) is 0 Å².